The molecule has 0 aliphatic carbocycles. The van der Waals surface area contributed by atoms with Gasteiger partial charge in [0.1, 0.15) is 0 Å². The molecule has 1 aromatic carbocycles. The maximum absolute atomic E-state index is 3.54. The summed E-state index contributed by atoms with van der Waals surface area (Å²) in [6, 6.07) is 10.6. The van der Waals surface area contributed by atoms with E-state index in [4.69, 9.17) is 0 Å². The Balaban J connectivity index is 1.66. The predicted octanol–water partition coefficient (Wildman–Crippen LogP) is 1.78. The molecule has 1 heterocycles. The van der Waals surface area contributed by atoms with Gasteiger partial charge in [0, 0.05) is 6.54 Å². The average Bonchev–Trinajstić information content (AvgIpc) is 2.32. The second kappa shape index (κ2) is 5.89. The second-order valence-corrected chi connectivity index (χ2v) is 4.31. The standard InChI is InChI=1S/C13H20N2/c1-2-4-12(5-3-1)10-15-11-13-6-8-14-9-7-13/h1-5,13-15H,6-11H2. The van der Waals surface area contributed by atoms with Gasteiger partial charge in [0.15, 0.2) is 0 Å². The first-order valence-electron chi connectivity index (χ1n) is 5.90. The first-order chi connectivity index (χ1) is 7.45. The minimum absolute atomic E-state index is 0.870. The SMILES string of the molecule is c1ccc(CNCC2CCNCC2)cc1. The minimum atomic E-state index is 0.870. The lowest BCUT2D eigenvalue weighted by Gasteiger charge is -2.22. The van der Waals surface area contributed by atoms with Crippen molar-refractivity contribution in [2.45, 2.75) is 19.4 Å². The molecule has 15 heavy (non-hydrogen) atoms. The topological polar surface area (TPSA) is 24.1 Å². The molecule has 0 saturated carbocycles. The number of hydrogen-bond acceptors (Lipinski definition) is 2. The van der Waals surface area contributed by atoms with Gasteiger partial charge in [0.25, 0.3) is 0 Å². The summed E-state index contributed by atoms with van der Waals surface area (Å²) < 4.78 is 0. The van der Waals surface area contributed by atoms with Crippen molar-refractivity contribution >= 4 is 0 Å². The van der Waals surface area contributed by atoms with Crippen molar-refractivity contribution in [3.63, 3.8) is 0 Å². The quantitative estimate of drug-likeness (QED) is 0.781. The fraction of sp³-hybridized carbons (Fsp3) is 0.538. The lowest BCUT2D eigenvalue weighted by atomic mass is 9.98. The summed E-state index contributed by atoms with van der Waals surface area (Å²) in [4.78, 5) is 0. The summed E-state index contributed by atoms with van der Waals surface area (Å²) in [7, 11) is 0. The first kappa shape index (κ1) is 10.7. The van der Waals surface area contributed by atoms with Crippen LogP contribution in [0.3, 0.4) is 0 Å². The van der Waals surface area contributed by atoms with Gasteiger partial charge in [-0.05, 0) is 44.0 Å². The van der Waals surface area contributed by atoms with Gasteiger partial charge in [-0.2, -0.15) is 0 Å². The molecular weight excluding hydrogens is 184 g/mol. The zero-order valence-corrected chi connectivity index (χ0v) is 9.21. The van der Waals surface area contributed by atoms with E-state index in [1.807, 2.05) is 0 Å². The van der Waals surface area contributed by atoms with Gasteiger partial charge in [-0.15, -0.1) is 0 Å². The molecule has 0 aromatic heterocycles. The summed E-state index contributed by atoms with van der Waals surface area (Å²) in [6.45, 7) is 4.55. The summed E-state index contributed by atoms with van der Waals surface area (Å²) in [5.41, 5.74) is 1.38. The van der Waals surface area contributed by atoms with Crippen molar-refractivity contribution in [1.29, 1.82) is 0 Å². The Bertz CT molecular complexity index is 265. The van der Waals surface area contributed by atoms with E-state index in [0.29, 0.717) is 0 Å². The molecule has 0 unspecified atom stereocenters. The largest absolute Gasteiger partial charge is 0.317 e. The van der Waals surface area contributed by atoms with E-state index >= 15 is 0 Å². The molecule has 82 valence electrons. The van der Waals surface area contributed by atoms with E-state index in [1.165, 1.54) is 31.5 Å². The monoisotopic (exact) mass is 204 g/mol. The van der Waals surface area contributed by atoms with Crippen LogP contribution in [0.2, 0.25) is 0 Å². The summed E-state index contributed by atoms with van der Waals surface area (Å²) in [6.07, 6.45) is 2.64. The maximum Gasteiger partial charge on any atom is 0.0205 e. The fourth-order valence-electron chi connectivity index (χ4n) is 2.10. The van der Waals surface area contributed by atoms with Crippen LogP contribution in [0.4, 0.5) is 0 Å². The predicted molar refractivity (Wildman–Crippen MR) is 63.7 cm³/mol. The van der Waals surface area contributed by atoms with Gasteiger partial charge in [0.05, 0.1) is 0 Å². The molecule has 0 atom stereocenters. The van der Waals surface area contributed by atoms with E-state index in [-0.39, 0.29) is 0 Å². The Kier molecular flexibility index (Phi) is 4.18. The molecule has 1 aromatic rings. The summed E-state index contributed by atoms with van der Waals surface area (Å²) in [5.74, 6) is 0.870. The maximum atomic E-state index is 3.54. The van der Waals surface area contributed by atoms with E-state index in [2.05, 4.69) is 41.0 Å². The van der Waals surface area contributed by atoms with Crippen molar-refractivity contribution in [2.75, 3.05) is 19.6 Å². The van der Waals surface area contributed by atoms with Gasteiger partial charge >= 0.3 is 0 Å². The molecular formula is C13H20N2. The van der Waals surface area contributed by atoms with Gasteiger partial charge in [-0.25, -0.2) is 0 Å². The van der Waals surface area contributed by atoms with Crippen molar-refractivity contribution < 1.29 is 0 Å². The zero-order chi connectivity index (χ0) is 10.3. The fourth-order valence-corrected chi connectivity index (χ4v) is 2.10. The Hall–Kier alpha value is -0.860. The molecule has 2 N–H and O–H groups in total. The molecule has 2 rings (SSSR count). The smallest absolute Gasteiger partial charge is 0.0205 e. The Morgan fingerprint density at radius 1 is 1.13 bits per heavy atom. The molecule has 1 saturated heterocycles. The molecule has 1 aliphatic heterocycles. The highest BCUT2D eigenvalue weighted by Gasteiger charge is 2.11. The van der Waals surface area contributed by atoms with Crippen LogP contribution in [0.25, 0.3) is 0 Å². The van der Waals surface area contributed by atoms with E-state index in [0.717, 1.165) is 19.0 Å². The van der Waals surface area contributed by atoms with Crippen molar-refractivity contribution in [2.24, 2.45) is 5.92 Å². The lowest BCUT2D eigenvalue weighted by molar-refractivity contribution is 0.356. The molecule has 1 aliphatic rings. The number of hydrogen-bond donors (Lipinski definition) is 2. The normalized spacial score (nSPS) is 17.9. The van der Waals surface area contributed by atoms with Gasteiger partial charge in [0.2, 0.25) is 0 Å². The molecule has 2 heteroatoms. The summed E-state index contributed by atoms with van der Waals surface area (Å²) in [5, 5.41) is 6.94. The van der Waals surface area contributed by atoms with Gasteiger partial charge in [-0.1, -0.05) is 30.3 Å². The Labute approximate surface area is 92.1 Å². The van der Waals surface area contributed by atoms with Crippen LogP contribution in [0.1, 0.15) is 18.4 Å². The first-order valence-corrected chi connectivity index (χ1v) is 5.90. The molecule has 1 fully saturated rings. The van der Waals surface area contributed by atoms with Crippen LogP contribution in [0, 0.1) is 5.92 Å². The third kappa shape index (κ3) is 3.65. The third-order valence-electron chi connectivity index (χ3n) is 3.06. The van der Waals surface area contributed by atoms with E-state index in [9.17, 15) is 0 Å². The van der Waals surface area contributed by atoms with Crippen LogP contribution in [-0.2, 0) is 6.54 Å². The highest BCUT2D eigenvalue weighted by atomic mass is 14.9. The minimum Gasteiger partial charge on any atom is -0.317 e. The number of nitrogens with one attached hydrogen (secondary N) is 2. The van der Waals surface area contributed by atoms with Crippen LogP contribution in [0.5, 0.6) is 0 Å². The van der Waals surface area contributed by atoms with Crippen LogP contribution >= 0.6 is 0 Å². The molecule has 0 bridgehead atoms. The van der Waals surface area contributed by atoms with Crippen molar-refractivity contribution in [1.82, 2.24) is 10.6 Å². The molecule has 2 nitrogen and oxygen atoms in total. The second-order valence-electron chi connectivity index (χ2n) is 4.31. The van der Waals surface area contributed by atoms with Crippen LogP contribution in [0.15, 0.2) is 30.3 Å². The van der Waals surface area contributed by atoms with Crippen molar-refractivity contribution in [3.05, 3.63) is 35.9 Å². The van der Waals surface area contributed by atoms with Gasteiger partial charge in [-0.3, -0.25) is 0 Å². The molecule has 0 radical (unpaired) electrons. The Morgan fingerprint density at radius 3 is 2.60 bits per heavy atom. The van der Waals surface area contributed by atoms with Crippen molar-refractivity contribution in [3.8, 4) is 0 Å². The highest BCUT2D eigenvalue weighted by molar-refractivity contribution is 5.14. The summed E-state index contributed by atoms with van der Waals surface area (Å²) >= 11 is 0. The van der Waals surface area contributed by atoms with Crippen LogP contribution < -0.4 is 10.6 Å². The number of piperidine rings is 1. The number of benzene rings is 1. The third-order valence-corrected chi connectivity index (χ3v) is 3.06. The average molecular weight is 204 g/mol. The van der Waals surface area contributed by atoms with E-state index < -0.39 is 0 Å². The van der Waals surface area contributed by atoms with Gasteiger partial charge < -0.3 is 10.6 Å². The molecule has 0 amide bonds. The molecule has 0 spiro atoms. The van der Waals surface area contributed by atoms with Crippen LogP contribution in [-0.4, -0.2) is 19.6 Å². The highest BCUT2D eigenvalue weighted by Crippen LogP contribution is 2.10. The Morgan fingerprint density at radius 2 is 1.87 bits per heavy atom. The lowest BCUT2D eigenvalue weighted by Crippen LogP contribution is -2.33. The number of rotatable bonds is 4. The van der Waals surface area contributed by atoms with E-state index in [1.54, 1.807) is 0 Å². The zero-order valence-electron chi connectivity index (χ0n) is 9.21.